The van der Waals surface area contributed by atoms with Crippen LogP contribution in [-0.2, 0) is 0 Å². The van der Waals surface area contributed by atoms with E-state index in [-0.39, 0.29) is 0 Å². The predicted molar refractivity (Wildman–Crippen MR) is 63.4 cm³/mol. The lowest BCUT2D eigenvalue weighted by Gasteiger charge is -2.04. The van der Waals surface area contributed by atoms with E-state index in [0.29, 0.717) is 0 Å². The van der Waals surface area contributed by atoms with Crippen LogP contribution in [0, 0.1) is 0 Å². The zero-order chi connectivity index (χ0) is 10.8. The number of aliphatic imine (C=N–C) groups is 1. The van der Waals surface area contributed by atoms with E-state index in [1.807, 2.05) is 18.3 Å². The topological polar surface area (TPSA) is 53.1 Å². The van der Waals surface area contributed by atoms with Crippen LogP contribution in [0.4, 0.5) is 0 Å². The van der Waals surface area contributed by atoms with E-state index >= 15 is 0 Å². The molecule has 0 aliphatic carbocycles. The average Bonchev–Trinajstić information content (AvgIpc) is 3.03. The molecule has 0 radical (unpaired) electrons. The van der Waals surface area contributed by atoms with Crippen LogP contribution in [0.25, 0.3) is 11.4 Å². The molecule has 2 heterocycles. The van der Waals surface area contributed by atoms with Gasteiger partial charge in [0.1, 0.15) is 11.7 Å². The van der Waals surface area contributed by atoms with E-state index in [1.54, 1.807) is 6.20 Å². The highest BCUT2D eigenvalue weighted by Crippen LogP contribution is 2.16. The minimum atomic E-state index is 0.861. The zero-order valence-corrected chi connectivity index (χ0v) is 8.77. The number of hydrogen-bond donors (Lipinski definition) is 2. The summed E-state index contributed by atoms with van der Waals surface area (Å²) in [6.45, 7) is 1.79. The Morgan fingerprint density at radius 3 is 2.88 bits per heavy atom. The number of benzene rings is 1. The number of rotatable bonds is 2. The third-order valence-corrected chi connectivity index (χ3v) is 2.58. The van der Waals surface area contributed by atoms with Crippen molar-refractivity contribution in [2.45, 2.75) is 0 Å². The van der Waals surface area contributed by atoms with Crippen LogP contribution in [-0.4, -0.2) is 28.9 Å². The summed E-state index contributed by atoms with van der Waals surface area (Å²) >= 11 is 0. The molecule has 0 saturated carbocycles. The first-order valence-corrected chi connectivity index (χ1v) is 5.32. The lowest BCUT2D eigenvalue weighted by atomic mass is 10.1. The maximum absolute atomic E-state index is 4.40. The SMILES string of the molecule is c1cc(C2=NCCN2)cc(-c2ncc[nH]2)c1. The lowest BCUT2D eigenvalue weighted by Crippen LogP contribution is -2.19. The first-order valence-electron chi connectivity index (χ1n) is 5.32. The smallest absolute Gasteiger partial charge is 0.137 e. The van der Waals surface area contributed by atoms with Gasteiger partial charge in [-0.15, -0.1) is 0 Å². The van der Waals surface area contributed by atoms with Crippen molar-refractivity contribution in [3.05, 3.63) is 42.2 Å². The Balaban J connectivity index is 2.00. The number of nitrogens with zero attached hydrogens (tertiary/aromatic N) is 2. The van der Waals surface area contributed by atoms with Crippen molar-refractivity contribution in [3.63, 3.8) is 0 Å². The van der Waals surface area contributed by atoms with Crippen molar-refractivity contribution in [1.29, 1.82) is 0 Å². The third kappa shape index (κ3) is 1.58. The van der Waals surface area contributed by atoms with Gasteiger partial charge in [0.25, 0.3) is 0 Å². The third-order valence-electron chi connectivity index (χ3n) is 2.58. The molecule has 2 aromatic rings. The normalized spacial score (nSPS) is 14.6. The van der Waals surface area contributed by atoms with Crippen LogP contribution in [0.1, 0.15) is 5.56 Å². The Hall–Kier alpha value is -2.10. The number of imidazole rings is 1. The highest BCUT2D eigenvalue weighted by Gasteiger charge is 2.09. The molecule has 16 heavy (non-hydrogen) atoms. The molecule has 0 atom stereocenters. The Kier molecular flexibility index (Phi) is 2.18. The number of aromatic amines is 1. The molecule has 3 rings (SSSR count). The number of hydrogen-bond acceptors (Lipinski definition) is 3. The van der Waals surface area contributed by atoms with E-state index < -0.39 is 0 Å². The van der Waals surface area contributed by atoms with Crippen molar-refractivity contribution in [1.82, 2.24) is 15.3 Å². The van der Waals surface area contributed by atoms with Gasteiger partial charge in [-0.25, -0.2) is 4.98 Å². The Morgan fingerprint density at radius 2 is 2.12 bits per heavy atom. The molecule has 0 amide bonds. The second kappa shape index (κ2) is 3.81. The highest BCUT2D eigenvalue weighted by atomic mass is 15.1. The molecule has 80 valence electrons. The number of H-pyrrole nitrogens is 1. The van der Waals surface area contributed by atoms with Crippen LogP contribution in [0.3, 0.4) is 0 Å². The Morgan fingerprint density at radius 1 is 1.19 bits per heavy atom. The summed E-state index contributed by atoms with van der Waals surface area (Å²) < 4.78 is 0. The summed E-state index contributed by atoms with van der Waals surface area (Å²) in [5.41, 5.74) is 2.20. The molecule has 0 spiro atoms. The molecule has 0 saturated heterocycles. The molecule has 0 fully saturated rings. The molecule has 2 N–H and O–H groups in total. The molecule has 4 heteroatoms. The second-order valence-corrected chi connectivity index (χ2v) is 3.68. The van der Waals surface area contributed by atoms with Crippen LogP contribution >= 0.6 is 0 Å². The molecule has 1 aliphatic rings. The van der Waals surface area contributed by atoms with Gasteiger partial charge in [-0.1, -0.05) is 18.2 Å². The quantitative estimate of drug-likeness (QED) is 0.791. The second-order valence-electron chi connectivity index (χ2n) is 3.68. The largest absolute Gasteiger partial charge is 0.368 e. The van der Waals surface area contributed by atoms with Gasteiger partial charge in [-0.2, -0.15) is 0 Å². The molecule has 1 aromatic heterocycles. The summed E-state index contributed by atoms with van der Waals surface area (Å²) in [4.78, 5) is 11.7. The van der Waals surface area contributed by atoms with Gasteiger partial charge in [0, 0.05) is 30.1 Å². The Bertz CT molecular complexity index is 514. The van der Waals surface area contributed by atoms with Gasteiger partial charge in [0.15, 0.2) is 0 Å². The predicted octanol–water partition coefficient (Wildman–Crippen LogP) is 1.43. The van der Waals surface area contributed by atoms with Crippen molar-refractivity contribution < 1.29 is 0 Å². The summed E-state index contributed by atoms with van der Waals surface area (Å²) in [7, 11) is 0. The van der Waals surface area contributed by atoms with E-state index in [1.165, 1.54) is 0 Å². The van der Waals surface area contributed by atoms with Crippen molar-refractivity contribution >= 4 is 5.84 Å². The molecule has 0 unspecified atom stereocenters. The fourth-order valence-corrected chi connectivity index (χ4v) is 1.83. The van der Waals surface area contributed by atoms with Gasteiger partial charge in [0.2, 0.25) is 0 Å². The fraction of sp³-hybridized carbons (Fsp3) is 0.167. The molecule has 0 bridgehead atoms. The monoisotopic (exact) mass is 212 g/mol. The van der Waals surface area contributed by atoms with E-state index in [4.69, 9.17) is 0 Å². The lowest BCUT2D eigenvalue weighted by molar-refractivity contribution is 0.960. The van der Waals surface area contributed by atoms with Crippen LogP contribution in [0.15, 0.2) is 41.7 Å². The van der Waals surface area contributed by atoms with Crippen LogP contribution in [0.2, 0.25) is 0 Å². The summed E-state index contributed by atoms with van der Waals surface area (Å²) in [6, 6.07) is 8.22. The molecular formula is C12H12N4. The van der Waals surface area contributed by atoms with E-state index in [9.17, 15) is 0 Å². The first-order chi connectivity index (χ1) is 7.93. The van der Waals surface area contributed by atoms with Gasteiger partial charge < -0.3 is 10.3 Å². The zero-order valence-electron chi connectivity index (χ0n) is 8.77. The molecule has 1 aliphatic heterocycles. The van der Waals surface area contributed by atoms with Crippen LogP contribution < -0.4 is 5.32 Å². The fourth-order valence-electron chi connectivity index (χ4n) is 1.83. The average molecular weight is 212 g/mol. The van der Waals surface area contributed by atoms with Gasteiger partial charge >= 0.3 is 0 Å². The maximum Gasteiger partial charge on any atom is 0.137 e. The standard InChI is InChI=1S/C12H12N4/c1-2-9(11-13-4-5-14-11)8-10(3-1)12-15-6-7-16-12/h1-5,8H,6-7H2,(H,13,14)(H,15,16). The van der Waals surface area contributed by atoms with Gasteiger partial charge in [0.05, 0.1) is 6.54 Å². The summed E-state index contributed by atoms with van der Waals surface area (Å²) in [6.07, 6.45) is 3.58. The Labute approximate surface area is 93.5 Å². The number of aromatic nitrogens is 2. The number of amidine groups is 1. The van der Waals surface area contributed by atoms with Crippen LogP contribution in [0.5, 0.6) is 0 Å². The van der Waals surface area contributed by atoms with Gasteiger partial charge in [-0.05, 0) is 6.07 Å². The summed E-state index contributed by atoms with van der Waals surface area (Å²) in [5.74, 6) is 1.87. The van der Waals surface area contributed by atoms with Crippen molar-refractivity contribution in [2.75, 3.05) is 13.1 Å². The number of nitrogens with one attached hydrogen (secondary N) is 2. The minimum absolute atomic E-state index is 0.861. The van der Waals surface area contributed by atoms with Crippen molar-refractivity contribution in [3.8, 4) is 11.4 Å². The van der Waals surface area contributed by atoms with Gasteiger partial charge in [-0.3, -0.25) is 4.99 Å². The minimum Gasteiger partial charge on any atom is -0.368 e. The van der Waals surface area contributed by atoms with E-state index in [2.05, 4.69) is 32.4 Å². The summed E-state index contributed by atoms with van der Waals surface area (Å²) in [5, 5.41) is 3.26. The molecular weight excluding hydrogens is 200 g/mol. The maximum atomic E-state index is 4.40. The highest BCUT2D eigenvalue weighted by molar-refractivity contribution is 6.00. The molecule has 1 aromatic carbocycles. The first kappa shape index (κ1) is 9.15. The van der Waals surface area contributed by atoms with E-state index in [0.717, 1.165) is 35.9 Å². The van der Waals surface area contributed by atoms with Crippen molar-refractivity contribution in [2.24, 2.45) is 4.99 Å². The molecule has 4 nitrogen and oxygen atoms in total.